The molecule has 128 valence electrons. The molecule has 3 rings (SSSR count). The minimum Gasteiger partial charge on any atom is -0.355 e. The minimum absolute atomic E-state index is 0.0296. The molecule has 1 fully saturated rings. The van der Waals surface area contributed by atoms with Gasteiger partial charge in [-0.2, -0.15) is 0 Å². The van der Waals surface area contributed by atoms with Gasteiger partial charge in [0.15, 0.2) is 0 Å². The maximum Gasteiger partial charge on any atom is 0.224 e. The zero-order valence-corrected chi connectivity index (χ0v) is 13.7. The van der Waals surface area contributed by atoms with Gasteiger partial charge in [-0.25, -0.2) is 4.39 Å². The van der Waals surface area contributed by atoms with Crippen molar-refractivity contribution in [3.63, 3.8) is 0 Å². The van der Waals surface area contributed by atoms with Crippen LogP contribution in [0.25, 0.3) is 10.9 Å². The standard InChI is InChI=1S/C18H23FN4O/c19-16-9-13-3-1-6-21-17(13)15(10-16)12-23-8-2-4-14(11-23)18(24)22-7-5-20/h1,3,6,9-10,14H,2,4-5,7-8,11-12,20H2,(H,22,24). The van der Waals surface area contributed by atoms with Gasteiger partial charge in [-0.15, -0.1) is 0 Å². The molecule has 3 N–H and O–H groups in total. The Labute approximate surface area is 141 Å². The highest BCUT2D eigenvalue weighted by atomic mass is 19.1. The normalized spacial score (nSPS) is 18.7. The Morgan fingerprint density at radius 1 is 1.46 bits per heavy atom. The highest BCUT2D eigenvalue weighted by molar-refractivity contribution is 5.81. The zero-order valence-electron chi connectivity index (χ0n) is 13.7. The first-order valence-electron chi connectivity index (χ1n) is 8.40. The highest BCUT2D eigenvalue weighted by Crippen LogP contribution is 2.23. The fraction of sp³-hybridized carbons (Fsp3) is 0.444. The molecule has 0 bridgehead atoms. The molecule has 2 aromatic rings. The van der Waals surface area contributed by atoms with Gasteiger partial charge in [0.2, 0.25) is 5.91 Å². The van der Waals surface area contributed by atoms with Crippen molar-refractivity contribution in [3.8, 4) is 0 Å². The summed E-state index contributed by atoms with van der Waals surface area (Å²) in [6, 6.07) is 6.73. The van der Waals surface area contributed by atoms with Crippen LogP contribution in [0.15, 0.2) is 30.5 Å². The molecule has 24 heavy (non-hydrogen) atoms. The Kier molecular flexibility index (Phi) is 5.37. The summed E-state index contributed by atoms with van der Waals surface area (Å²) in [6.07, 6.45) is 3.57. The van der Waals surface area contributed by atoms with Crippen LogP contribution in [0.3, 0.4) is 0 Å². The Balaban J connectivity index is 1.73. The first kappa shape index (κ1) is 16.8. The van der Waals surface area contributed by atoms with Crippen LogP contribution in [-0.2, 0) is 11.3 Å². The second kappa shape index (κ2) is 7.68. The first-order valence-corrected chi connectivity index (χ1v) is 8.40. The molecular weight excluding hydrogens is 307 g/mol. The number of fused-ring (bicyclic) bond motifs is 1. The number of halogens is 1. The van der Waals surface area contributed by atoms with Gasteiger partial charge >= 0.3 is 0 Å². The van der Waals surface area contributed by atoms with E-state index in [0.717, 1.165) is 35.9 Å². The summed E-state index contributed by atoms with van der Waals surface area (Å²) in [7, 11) is 0. The van der Waals surface area contributed by atoms with E-state index in [-0.39, 0.29) is 17.6 Å². The van der Waals surface area contributed by atoms with Crippen LogP contribution >= 0.6 is 0 Å². The number of hydrogen-bond acceptors (Lipinski definition) is 4. The number of rotatable bonds is 5. The third-order valence-electron chi connectivity index (χ3n) is 4.46. The minimum atomic E-state index is -0.250. The van der Waals surface area contributed by atoms with E-state index in [1.165, 1.54) is 6.07 Å². The fourth-order valence-corrected chi connectivity index (χ4v) is 3.34. The molecule has 1 aromatic heterocycles. The van der Waals surface area contributed by atoms with Crippen LogP contribution in [0.5, 0.6) is 0 Å². The number of nitrogens with zero attached hydrogens (tertiary/aromatic N) is 2. The number of carbonyl (C=O) groups is 1. The molecule has 2 heterocycles. The van der Waals surface area contributed by atoms with Gasteiger partial charge in [-0.1, -0.05) is 6.07 Å². The molecule has 1 amide bonds. The molecule has 0 saturated carbocycles. The van der Waals surface area contributed by atoms with Gasteiger partial charge in [0.05, 0.1) is 11.4 Å². The van der Waals surface area contributed by atoms with E-state index in [9.17, 15) is 9.18 Å². The van der Waals surface area contributed by atoms with Gasteiger partial charge in [-0.05, 0) is 43.1 Å². The summed E-state index contributed by atoms with van der Waals surface area (Å²) in [5.74, 6) is -0.217. The molecule has 5 nitrogen and oxygen atoms in total. The van der Waals surface area contributed by atoms with Gasteiger partial charge in [-0.3, -0.25) is 14.7 Å². The van der Waals surface area contributed by atoms with Crippen molar-refractivity contribution >= 4 is 16.8 Å². The van der Waals surface area contributed by atoms with Gasteiger partial charge in [0, 0.05) is 37.8 Å². The molecule has 6 heteroatoms. The third-order valence-corrected chi connectivity index (χ3v) is 4.46. The van der Waals surface area contributed by atoms with E-state index >= 15 is 0 Å². The summed E-state index contributed by atoms with van der Waals surface area (Å²) in [6.45, 7) is 3.15. The molecule has 1 aliphatic rings. The highest BCUT2D eigenvalue weighted by Gasteiger charge is 2.26. The maximum atomic E-state index is 13.9. The van der Waals surface area contributed by atoms with Crippen molar-refractivity contribution in [3.05, 3.63) is 41.8 Å². The van der Waals surface area contributed by atoms with E-state index in [1.54, 1.807) is 12.3 Å². The largest absolute Gasteiger partial charge is 0.355 e. The fourth-order valence-electron chi connectivity index (χ4n) is 3.34. The Morgan fingerprint density at radius 3 is 3.17 bits per heavy atom. The van der Waals surface area contributed by atoms with Crippen molar-refractivity contribution in [2.24, 2.45) is 11.7 Å². The number of aromatic nitrogens is 1. The monoisotopic (exact) mass is 330 g/mol. The average molecular weight is 330 g/mol. The smallest absolute Gasteiger partial charge is 0.224 e. The molecule has 1 aromatic carbocycles. The predicted molar refractivity (Wildman–Crippen MR) is 91.8 cm³/mol. The number of piperidine rings is 1. The summed E-state index contributed by atoms with van der Waals surface area (Å²) >= 11 is 0. The number of pyridine rings is 1. The molecule has 1 saturated heterocycles. The van der Waals surface area contributed by atoms with E-state index in [2.05, 4.69) is 15.2 Å². The molecule has 1 aliphatic heterocycles. The quantitative estimate of drug-likeness (QED) is 0.875. The van der Waals surface area contributed by atoms with E-state index < -0.39 is 0 Å². The topological polar surface area (TPSA) is 71.2 Å². The lowest BCUT2D eigenvalue weighted by Crippen LogP contribution is -2.43. The molecule has 0 radical (unpaired) electrons. The summed E-state index contributed by atoms with van der Waals surface area (Å²) in [4.78, 5) is 18.8. The Hall–Kier alpha value is -2.05. The number of nitrogens with two attached hydrogens (primary N) is 1. The number of likely N-dealkylation sites (tertiary alicyclic amines) is 1. The summed E-state index contributed by atoms with van der Waals surface area (Å²) in [5.41, 5.74) is 7.13. The first-order chi connectivity index (χ1) is 11.7. The van der Waals surface area contributed by atoms with Crippen molar-refractivity contribution < 1.29 is 9.18 Å². The molecule has 0 spiro atoms. The molecule has 0 aliphatic carbocycles. The Bertz CT molecular complexity index is 721. The van der Waals surface area contributed by atoms with Crippen LogP contribution < -0.4 is 11.1 Å². The van der Waals surface area contributed by atoms with Crippen LogP contribution in [0.4, 0.5) is 4.39 Å². The van der Waals surface area contributed by atoms with Crippen LogP contribution in [0.2, 0.25) is 0 Å². The van der Waals surface area contributed by atoms with E-state index in [4.69, 9.17) is 5.73 Å². The summed E-state index contributed by atoms with van der Waals surface area (Å²) < 4.78 is 13.9. The maximum absolute atomic E-state index is 13.9. The lowest BCUT2D eigenvalue weighted by molar-refractivity contribution is -0.126. The van der Waals surface area contributed by atoms with Crippen molar-refractivity contribution in [2.45, 2.75) is 19.4 Å². The van der Waals surface area contributed by atoms with Crippen molar-refractivity contribution in [2.75, 3.05) is 26.2 Å². The number of benzene rings is 1. The SMILES string of the molecule is NCCNC(=O)C1CCCN(Cc2cc(F)cc3cccnc23)C1. The molecular formula is C18H23FN4O. The van der Waals surface area contributed by atoms with Crippen LogP contribution in [0, 0.1) is 11.7 Å². The molecule has 1 unspecified atom stereocenters. The number of nitrogens with one attached hydrogen (secondary N) is 1. The second-order valence-electron chi connectivity index (χ2n) is 6.29. The lowest BCUT2D eigenvalue weighted by Gasteiger charge is -2.32. The van der Waals surface area contributed by atoms with Gasteiger partial charge in [0.25, 0.3) is 0 Å². The van der Waals surface area contributed by atoms with Crippen molar-refractivity contribution in [1.29, 1.82) is 0 Å². The number of amides is 1. The van der Waals surface area contributed by atoms with E-state index in [0.29, 0.717) is 26.2 Å². The summed E-state index contributed by atoms with van der Waals surface area (Å²) in [5, 5.41) is 3.67. The van der Waals surface area contributed by atoms with Crippen LogP contribution in [-0.4, -0.2) is 42.0 Å². The van der Waals surface area contributed by atoms with Gasteiger partial charge in [0.1, 0.15) is 5.82 Å². The zero-order chi connectivity index (χ0) is 16.9. The van der Waals surface area contributed by atoms with Crippen LogP contribution in [0.1, 0.15) is 18.4 Å². The van der Waals surface area contributed by atoms with E-state index in [1.807, 2.05) is 12.1 Å². The average Bonchev–Trinajstić information content (AvgIpc) is 2.59. The lowest BCUT2D eigenvalue weighted by atomic mass is 9.96. The Morgan fingerprint density at radius 2 is 2.33 bits per heavy atom. The molecule has 1 atom stereocenters. The second-order valence-corrected chi connectivity index (χ2v) is 6.29. The number of hydrogen-bond donors (Lipinski definition) is 2. The van der Waals surface area contributed by atoms with Gasteiger partial charge < -0.3 is 11.1 Å². The number of carbonyl (C=O) groups excluding carboxylic acids is 1. The van der Waals surface area contributed by atoms with Crippen molar-refractivity contribution in [1.82, 2.24) is 15.2 Å². The predicted octanol–water partition coefficient (Wildman–Crippen LogP) is 1.66. The third kappa shape index (κ3) is 3.88.